The molecule has 0 unspecified atom stereocenters. The predicted octanol–water partition coefficient (Wildman–Crippen LogP) is 3.02. The highest BCUT2D eigenvalue weighted by Crippen LogP contribution is 2.34. The third-order valence-electron chi connectivity index (χ3n) is 3.08. The van der Waals surface area contributed by atoms with Crippen LogP contribution >= 0.6 is 11.8 Å². The Bertz CT molecular complexity index is 626. The summed E-state index contributed by atoms with van der Waals surface area (Å²) in [5.41, 5.74) is 0.854. The van der Waals surface area contributed by atoms with E-state index < -0.39 is 0 Å². The molecule has 1 aromatic rings. The maximum Gasteiger partial charge on any atom is 0.266 e. The molecule has 1 aliphatic rings. The molecule has 0 spiro atoms. The number of amides is 1. The first-order chi connectivity index (χ1) is 10.6. The molecule has 1 fully saturated rings. The highest BCUT2D eigenvalue weighted by Gasteiger charge is 2.29. The molecule has 1 aromatic carbocycles. The van der Waals surface area contributed by atoms with Crippen LogP contribution in [0.1, 0.15) is 19.4 Å². The van der Waals surface area contributed by atoms with Crippen molar-refractivity contribution in [1.82, 2.24) is 4.90 Å². The Morgan fingerprint density at radius 1 is 1.27 bits per heavy atom. The second-order valence-electron chi connectivity index (χ2n) is 4.55. The van der Waals surface area contributed by atoms with Crippen molar-refractivity contribution in [3.05, 3.63) is 28.7 Å². The topological polar surface area (TPSA) is 51.1 Å². The van der Waals surface area contributed by atoms with Crippen LogP contribution in [0.4, 0.5) is 0 Å². The lowest BCUT2D eigenvalue weighted by Gasteiger charge is -2.10. The predicted molar refractivity (Wildman–Crippen MR) is 90.5 cm³/mol. The zero-order valence-electron chi connectivity index (χ0n) is 13.3. The van der Waals surface area contributed by atoms with Crippen LogP contribution < -0.4 is 9.47 Å². The lowest BCUT2D eigenvalue weighted by molar-refractivity contribution is -0.121. The molecular weight excluding hydrogens is 300 g/mol. The first kappa shape index (κ1) is 16.4. The molecule has 5 nitrogen and oxygen atoms in total. The Labute approximate surface area is 135 Å². The first-order valence-electron chi connectivity index (χ1n) is 7.14. The fourth-order valence-electron chi connectivity index (χ4n) is 2.06. The minimum absolute atomic E-state index is 0.0538. The molecule has 118 valence electrons. The number of benzene rings is 1. The van der Waals surface area contributed by atoms with Crippen LogP contribution in [0.15, 0.2) is 28.1 Å². The number of ether oxygens (including phenoxy) is 2. The average Bonchev–Trinajstić information content (AvgIpc) is 2.78. The van der Waals surface area contributed by atoms with Gasteiger partial charge in [0.2, 0.25) is 0 Å². The van der Waals surface area contributed by atoms with E-state index in [0.29, 0.717) is 29.0 Å². The van der Waals surface area contributed by atoms with Gasteiger partial charge in [-0.05, 0) is 43.8 Å². The van der Waals surface area contributed by atoms with Crippen LogP contribution in [0.3, 0.4) is 0 Å². The maximum atomic E-state index is 12.2. The summed E-state index contributed by atoms with van der Waals surface area (Å²) in [5, 5.41) is 0.695. The van der Waals surface area contributed by atoms with Gasteiger partial charge in [-0.3, -0.25) is 14.7 Å². The van der Waals surface area contributed by atoms with Gasteiger partial charge in [0.15, 0.2) is 5.17 Å². The maximum absolute atomic E-state index is 12.2. The van der Waals surface area contributed by atoms with E-state index in [4.69, 9.17) is 9.47 Å². The summed E-state index contributed by atoms with van der Waals surface area (Å²) >= 11 is 1.36. The second kappa shape index (κ2) is 7.35. The Morgan fingerprint density at radius 2 is 2.00 bits per heavy atom. The van der Waals surface area contributed by atoms with Gasteiger partial charge in [0, 0.05) is 25.7 Å². The van der Waals surface area contributed by atoms with Gasteiger partial charge in [-0.1, -0.05) is 0 Å². The molecule has 2 rings (SSSR count). The molecule has 0 N–H and O–H groups in total. The van der Waals surface area contributed by atoms with Crippen LogP contribution in [0, 0.1) is 0 Å². The van der Waals surface area contributed by atoms with E-state index in [1.54, 1.807) is 19.0 Å². The van der Waals surface area contributed by atoms with Gasteiger partial charge in [-0.15, -0.1) is 0 Å². The number of aliphatic imine (C=N–C) groups is 1. The molecule has 0 aromatic heterocycles. The zero-order chi connectivity index (χ0) is 16.1. The third-order valence-corrected chi connectivity index (χ3v) is 4.23. The number of hydrogen-bond donors (Lipinski definition) is 0. The van der Waals surface area contributed by atoms with Crippen LogP contribution in [-0.4, -0.2) is 43.3 Å². The van der Waals surface area contributed by atoms with Crippen LogP contribution in [0.2, 0.25) is 0 Å². The number of carbonyl (C=O) groups is 1. The monoisotopic (exact) mass is 320 g/mol. The smallest absolute Gasteiger partial charge is 0.266 e. The van der Waals surface area contributed by atoms with Crippen molar-refractivity contribution in [2.24, 2.45) is 4.99 Å². The standard InChI is InChI=1S/C16H20N2O3S/c1-5-20-12-8-7-11(13(10-12)21-6-2)9-14-15(19)18(4)16(17-3)22-14/h7-10H,5-6H2,1-4H3/b14-9+,17-16?. The average molecular weight is 320 g/mol. The van der Waals surface area contributed by atoms with Crippen LogP contribution in [0.25, 0.3) is 6.08 Å². The van der Waals surface area contributed by atoms with Gasteiger partial charge in [0.05, 0.1) is 18.1 Å². The quantitative estimate of drug-likeness (QED) is 0.783. The molecule has 1 heterocycles. The van der Waals surface area contributed by atoms with Gasteiger partial charge in [0.1, 0.15) is 11.5 Å². The Kier molecular flexibility index (Phi) is 5.49. The van der Waals surface area contributed by atoms with E-state index in [0.717, 1.165) is 11.3 Å². The number of rotatable bonds is 5. The van der Waals surface area contributed by atoms with Crippen molar-refractivity contribution in [3.63, 3.8) is 0 Å². The van der Waals surface area contributed by atoms with Crippen molar-refractivity contribution >= 4 is 28.9 Å². The fraction of sp³-hybridized carbons (Fsp3) is 0.375. The Morgan fingerprint density at radius 3 is 2.59 bits per heavy atom. The van der Waals surface area contributed by atoms with Crippen molar-refractivity contribution in [2.75, 3.05) is 27.3 Å². The summed E-state index contributed by atoms with van der Waals surface area (Å²) in [6.45, 7) is 5.01. The van der Waals surface area contributed by atoms with E-state index >= 15 is 0 Å². The number of hydrogen-bond acceptors (Lipinski definition) is 5. The number of thioether (sulfide) groups is 1. The SMILES string of the molecule is CCOc1ccc(/C=C2/SC(=NC)N(C)C2=O)c(OCC)c1. The van der Waals surface area contributed by atoms with E-state index in [2.05, 4.69) is 4.99 Å². The van der Waals surface area contributed by atoms with Gasteiger partial charge in [-0.2, -0.15) is 0 Å². The first-order valence-corrected chi connectivity index (χ1v) is 7.96. The van der Waals surface area contributed by atoms with E-state index in [1.807, 2.05) is 38.1 Å². The molecule has 1 aliphatic heterocycles. The third kappa shape index (κ3) is 3.44. The summed E-state index contributed by atoms with van der Waals surface area (Å²) < 4.78 is 11.2. The zero-order valence-corrected chi connectivity index (χ0v) is 14.1. The van der Waals surface area contributed by atoms with Crippen molar-refractivity contribution in [3.8, 4) is 11.5 Å². The molecule has 0 radical (unpaired) electrons. The van der Waals surface area contributed by atoms with Crippen LogP contribution in [0.5, 0.6) is 11.5 Å². The molecule has 22 heavy (non-hydrogen) atoms. The van der Waals surface area contributed by atoms with Crippen molar-refractivity contribution < 1.29 is 14.3 Å². The van der Waals surface area contributed by atoms with Crippen molar-refractivity contribution in [1.29, 1.82) is 0 Å². The molecule has 1 amide bonds. The minimum atomic E-state index is -0.0538. The minimum Gasteiger partial charge on any atom is -0.494 e. The van der Waals surface area contributed by atoms with Gasteiger partial charge < -0.3 is 9.47 Å². The molecule has 0 saturated carbocycles. The van der Waals surface area contributed by atoms with Crippen LogP contribution in [-0.2, 0) is 4.79 Å². The fourth-order valence-corrected chi connectivity index (χ4v) is 2.98. The summed E-state index contributed by atoms with van der Waals surface area (Å²) in [6.07, 6.45) is 1.84. The molecule has 6 heteroatoms. The van der Waals surface area contributed by atoms with E-state index in [9.17, 15) is 4.79 Å². The molecular formula is C16H20N2O3S. The lowest BCUT2D eigenvalue weighted by atomic mass is 10.1. The summed E-state index contributed by atoms with van der Waals surface area (Å²) in [5.74, 6) is 1.41. The number of likely N-dealkylation sites (N-methyl/N-ethyl adjacent to an activating group) is 1. The Hall–Kier alpha value is -1.95. The number of amidine groups is 1. The van der Waals surface area contributed by atoms with Gasteiger partial charge in [-0.25, -0.2) is 0 Å². The molecule has 0 atom stereocenters. The molecule has 0 aliphatic carbocycles. The van der Waals surface area contributed by atoms with Gasteiger partial charge in [0.25, 0.3) is 5.91 Å². The number of nitrogens with zero attached hydrogens (tertiary/aromatic N) is 2. The molecule has 0 bridgehead atoms. The largest absolute Gasteiger partial charge is 0.494 e. The summed E-state index contributed by atoms with van der Waals surface area (Å²) in [4.78, 5) is 18.5. The van der Waals surface area contributed by atoms with E-state index in [-0.39, 0.29) is 5.91 Å². The summed E-state index contributed by atoms with van der Waals surface area (Å²) in [7, 11) is 3.40. The highest BCUT2D eigenvalue weighted by atomic mass is 32.2. The second-order valence-corrected chi connectivity index (χ2v) is 5.56. The van der Waals surface area contributed by atoms with E-state index in [1.165, 1.54) is 11.8 Å². The van der Waals surface area contributed by atoms with Gasteiger partial charge >= 0.3 is 0 Å². The number of carbonyl (C=O) groups excluding carboxylic acids is 1. The highest BCUT2D eigenvalue weighted by molar-refractivity contribution is 8.18. The molecule has 1 saturated heterocycles. The normalized spacial score (nSPS) is 18.4. The summed E-state index contributed by atoms with van der Waals surface area (Å²) in [6, 6.07) is 5.63. The lowest BCUT2D eigenvalue weighted by Crippen LogP contribution is -2.23. The Balaban J connectivity index is 2.36. The van der Waals surface area contributed by atoms with Crippen molar-refractivity contribution in [2.45, 2.75) is 13.8 Å².